The Balaban J connectivity index is 2.22. The number of aromatic nitrogens is 2. The van der Waals surface area contributed by atoms with E-state index in [1.165, 1.54) is 36.1 Å². The predicted molar refractivity (Wildman–Crippen MR) is 114 cm³/mol. The molecule has 0 aliphatic carbocycles. The van der Waals surface area contributed by atoms with Crippen LogP contribution in [0.15, 0.2) is 29.4 Å². The molecule has 1 saturated heterocycles. The monoisotopic (exact) mass is 483 g/mol. The summed E-state index contributed by atoms with van der Waals surface area (Å²) in [5, 5.41) is 28.4. The molecule has 1 fully saturated rings. The molecule has 1 aromatic carbocycles. The molecule has 2 N–H and O–H groups in total. The molecule has 0 saturated carbocycles. The topological polar surface area (TPSA) is 152 Å². The number of aliphatic hydroxyl groups is 2. The third kappa shape index (κ3) is 4.96. The van der Waals surface area contributed by atoms with Crippen LogP contribution in [-0.4, -0.2) is 70.6 Å². The Kier molecular flexibility index (Phi) is 8.25. The third-order valence-electron chi connectivity index (χ3n) is 5.26. The first-order valence-corrected chi connectivity index (χ1v) is 10.4. The van der Waals surface area contributed by atoms with Crippen LogP contribution in [0.5, 0.6) is 0 Å². The van der Waals surface area contributed by atoms with E-state index >= 15 is 0 Å². The fourth-order valence-corrected chi connectivity index (χ4v) is 3.89. The lowest BCUT2D eigenvalue weighted by Crippen LogP contribution is -2.55. The molecule has 11 nitrogen and oxygen atoms in total. The normalized spacial score (nSPS) is 24.8. The molecule has 3 rings (SSSR count). The van der Waals surface area contributed by atoms with Gasteiger partial charge < -0.3 is 24.4 Å². The SMILES string of the molecule is CCOC(=O)c1cc([C@@H]2O[C@H](CO)[C@H](O)[C@H](N=[N+]=[N-])[C@H]2OC)n(-c2cc(Cl)ccc2CF)n1. The molecule has 178 valence electrons. The van der Waals surface area contributed by atoms with E-state index in [4.69, 9.17) is 31.3 Å². The van der Waals surface area contributed by atoms with Gasteiger partial charge in [-0.15, -0.1) is 0 Å². The summed E-state index contributed by atoms with van der Waals surface area (Å²) in [4.78, 5) is 15.2. The summed E-state index contributed by atoms with van der Waals surface area (Å²) >= 11 is 6.13. The number of aliphatic hydroxyl groups excluding tert-OH is 2. The highest BCUT2D eigenvalue weighted by Crippen LogP contribution is 2.37. The first-order valence-electron chi connectivity index (χ1n) is 10.0. The summed E-state index contributed by atoms with van der Waals surface area (Å²) in [5.41, 5.74) is 9.57. The van der Waals surface area contributed by atoms with Gasteiger partial charge in [-0.25, -0.2) is 13.9 Å². The van der Waals surface area contributed by atoms with E-state index in [-0.39, 0.29) is 29.2 Å². The molecule has 5 atom stereocenters. The Hall–Kier alpha value is -2.73. The maximum absolute atomic E-state index is 13.8. The molecule has 2 aromatic rings. The van der Waals surface area contributed by atoms with Crippen molar-refractivity contribution in [1.29, 1.82) is 0 Å². The van der Waals surface area contributed by atoms with Gasteiger partial charge in [0.2, 0.25) is 0 Å². The molecule has 0 spiro atoms. The summed E-state index contributed by atoms with van der Waals surface area (Å²) in [6.07, 6.45) is -4.60. The largest absolute Gasteiger partial charge is 0.461 e. The average Bonchev–Trinajstić information content (AvgIpc) is 3.25. The summed E-state index contributed by atoms with van der Waals surface area (Å²) in [6.45, 7) is 0.305. The highest BCUT2D eigenvalue weighted by Gasteiger charge is 2.47. The Morgan fingerprint density at radius 1 is 1.45 bits per heavy atom. The van der Waals surface area contributed by atoms with Gasteiger partial charge in [0.05, 0.1) is 36.7 Å². The van der Waals surface area contributed by atoms with E-state index < -0.39 is 49.7 Å². The van der Waals surface area contributed by atoms with E-state index in [1.54, 1.807) is 6.92 Å². The molecule has 0 amide bonds. The second-order valence-electron chi connectivity index (χ2n) is 7.16. The van der Waals surface area contributed by atoms with Crippen molar-refractivity contribution >= 4 is 17.6 Å². The minimum atomic E-state index is -1.36. The quantitative estimate of drug-likeness (QED) is 0.253. The highest BCUT2D eigenvalue weighted by atomic mass is 35.5. The Morgan fingerprint density at radius 2 is 2.21 bits per heavy atom. The van der Waals surface area contributed by atoms with Crippen LogP contribution in [0, 0.1) is 0 Å². The minimum Gasteiger partial charge on any atom is -0.461 e. The van der Waals surface area contributed by atoms with E-state index in [1.807, 2.05) is 0 Å². The highest BCUT2D eigenvalue weighted by molar-refractivity contribution is 6.30. The van der Waals surface area contributed by atoms with Crippen molar-refractivity contribution in [2.75, 3.05) is 20.3 Å². The molecule has 0 bridgehead atoms. The molecule has 0 radical (unpaired) electrons. The predicted octanol–water partition coefficient (Wildman–Crippen LogP) is 2.66. The number of carbonyl (C=O) groups excluding carboxylic acids is 1. The van der Waals surface area contributed by atoms with Crippen molar-refractivity contribution < 1.29 is 33.6 Å². The summed E-state index contributed by atoms with van der Waals surface area (Å²) in [5.74, 6) is -0.726. The van der Waals surface area contributed by atoms with Crippen LogP contribution < -0.4 is 0 Å². The number of hydrogen-bond acceptors (Lipinski definition) is 8. The van der Waals surface area contributed by atoms with E-state index in [2.05, 4.69) is 15.1 Å². The first kappa shape index (κ1) is 24.9. The van der Waals surface area contributed by atoms with Crippen LogP contribution in [0.25, 0.3) is 16.1 Å². The summed E-state index contributed by atoms with van der Waals surface area (Å²) in [6, 6.07) is 4.70. The van der Waals surface area contributed by atoms with Gasteiger partial charge in [0.1, 0.15) is 25.0 Å². The van der Waals surface area contributed by atoms with Crippen LogP contribution in [0.3, 0.4) is 0 Å². The molecular weight excluding hydrogens is 461 g/mol. The zero-order valence-corrected chi connectivity index (χ0v) is 18.6. The Labute approximate surface area is 193 Å². The number of benzene rings is 1. The minimum absolute atomic E-state index is 0.0953. The van der Waals surface area contributed by atoms with E-state index in [0.29, 0.717) is 5.02 Å². The average molecular weight is 484 g/mol. The lowest BCUT2D eigenvalue weighted by atomic mass is 9.91. The lowest BCUT2D eigenvalue weighted by molar-refractivity contribution is -0.199. The number of nitrogens with zero attached hydrogens (tertiary/aromatic N) is 5. The first-order chi connectivity index (χ1) is 15.9. The summed E-state index contributed by atoms with van der Waals surface area (Å²) < 4.78 is 31.5. The molecular formula is C20H23ClFN5O6. The van der Waals surface area contributed by atoms with Gasteiger partial charge in [-0.05, 0) is 30.7 Å². The fraction of sp³-hybridized carbons (Fsp3) is 0.500. The maximum atomic E-state index is 13.8. The van der Waals surface area contributed by atoms with Crippen molar-refractivity contribution in [3.05, 3.63) is 56.7 Å². The maximum Gasteiger partial charge on any atom is 0.358 e. The number of methoxy groups -OCH3 is 1. The van der Waals surface area contributed by atoms with Gasteiger partial charge in [0.15, 0.2) is 5.69 Å². The number of azide groups is 1. The zero-order chi connectivity index (χ0) is 24.1. The van der Waals surface area contributed by atoms with Gasteiger partial charge in [0, 0.05) is 22.6 Å². The number of alkyl halides is 1. The van der Waals surface area contributed by atoms with Crippen molar-refractivity contribution in [3.63, 3.8) is 0 Å². The standard InChI is InChI=1S/C20H23ClFN5O6/c1-3-32-20(30)12-7-14(27(25-12)13-6-11(21)5-4-10(13)8-22)18-19(31-2)16(24-26-23)17(29)15(9-28)33-18/h4-7,15-19,28-29H,3,8-9H2,1-2H3/t15-,16+,17+,18+,19-/m1/s1. The fourth-order valence-electron chi connectivity index (χ4n) is 3.73. The van der Waals surface area contributed by atoms with Crippen LogP contribution >= 0.6 is 11.6 Å². The number of hydrogen-bond donors (Lipinski definition) is 2. The van der Waals surface area contributed by atoms with Gasteiger partial charge >= 0.3 is 5.97 Å². The lowest BCUT2D eigenvalue weighted by Gasteiger charge is -2.42. The molecule has 1 aromatic heterocycles. The number of ether oxygens (including phenoxy) is 3. The molecule has 33 heavy (non-hydrogen) atoms. The molecule has 1 aliphatic rings. The second-order valence-corrected chi connectivity index (χ2v) is 7.59. The van der Waals surface area contributed by atoms with Crippen LogP contribution in [0.4, 0.5) is 4.39 Å². The Bertz CT molecular complexity index is 1050. The summed E-state index contributed by atoms with van der Waals surface area (Å²) in [7, 11) is 1.33. The number of rotatable bonds is 8. The molecule has 13 heteroatoms. The molecule has 2 heterocycles. The second kappa shape index (κ2) is 10.9. The number of esters is 1. The van der Waals surface area contributed by atoms with Gasteiger partial charge in [-0.1, -0.05) is 22.8 Å². The van der Waals surface area contributed by atoms with Crippen LogP contribution in [0.2, 0.25) is 5.02 Å². The van der Waals surface area contributed by atoms with Gasteiger partial charge in [0.25, 0.3) is 0 Å². The van der Waals surface area contributed by atoms with Crippen LogP contribution in [-0.2, 0) is 20.9 Å². The molecule has 0 unspecified atom stereocenters. The van der Waals surface area contributed by atoms with Gasteiger partial charge in [-0.2, -0.15) is 5.10 Å². The smallest absolute Gasteiger partial charge is 0.358 e. The number of halogens is 2. The van der Waals surface area contributed by atoms with E-state index in [0.717, 1.165) is 0 Å². The Morgan fingerprint density at radius 3 is 2.82 bits per heavy atom. The van der Waals surface area contributed by atoms with E-state index in [9.17, 15) is 19.4 Å². The van der Waals surface area contributed by atoms with Gasteiger partial charge in [-0.3, -0.25) is 0 Å². The number of carbonyl (C=O) groups is 1. The third-order valence-corrected chi connectivity index (χ3v) is 5.49. The van der Waals surface area contributed by atoms with Crippen LogP contribution in [0.1, 0.15) is 34.8 Å². The van der Waals surface area contributed by atoms with Crippen molar-refractivity contribution in [1.82, 2.24) is 9.78 Å². The zero-order valence-electron chi connectivity index (χ0n) is 17.8. The molecule has 1 aliphatic heterocycles. The van der Waals surface area contributed by atoms with Crippen molar-refractivity contribution in [3.8, 4) is 5.69 Å². The van der Waals surface area contributed by atoms with Crippen molar-refractivity contribution in [2.24, 2.45) is 5.11 Å². The van der Waals surface area contributed by atoms with Crippen molar-refractivity contribution in [2.45, 2.75) is 44.1 Å².